The van der Waals surface area contributed by atoms with Crippen LogP contribution in [-0.2, 0) is 13.1 Å². The average molecular weight is 351 g/mol. The van der Waals surface area contributed by atoms with Crippen molar-refractivity contribution in [2.45, 2.75) is 32.5 Å². The van der Waals surface area contributed by atoms with Crippen molar-refractivity contribution in [3.63, 3.8) is 0 Å². The minimum absolute atomic E-state index is 0.722. The molecule has 2 saturated heterocycles. The molecule has 1 atom stereocenters. The number of benzene rings is 1. The molecule has 0 N–H and O–H groups in total. The number of likely N-dealkylation sites (tertiary alicyclic amines) is 1. The molecule has 2 aliphatic rings. The maximum atomic E-state index is 4.31. The quantitative estimate of drug-likeness (QED) is 0.825. The molecule has 5 heteroatoms. The van der Waals surface area contributed by atoms with Gasteiger partial charge in [0, 0.05) is 58.4 Å². The van der Waals surface area contributed by atoms with Gasteiger partial charge in [-0.15, -0.1) is 0 Å². The number of aryl methyl sites for hydroxylation is 1. The zero-order chi connectivity index (χ0) is 17.8. The molecule has 0 saturated carbocycles. The molecule has 0 aliphatic carbocycles. The molecule has 1 aromatic carbocycles. The predicted octanol–water partition coefficient (Wildman–Crippen LogP) is 2.18. The number of piperazine rings is 1. The Labute approximate surface area is 156 Å². The van der Waals surface area contributed by atoms with Crippen molar-refractivity contribution in [1.29, 1.82) is 0 Å². The third-order valence-corrected chi connectivity index (χ3v) is 5.66. The van der Waals surface area contributed by atoms with Crippen LogP contribution in [0.4, 0.5) is 0 Å². The Balaban J connectivity index is 1.23. The van der Waals surface area contributed by atoms with Crippen LogP contribution in [0.15, 0.2) is 42.5 Å². The Hall–Kier alpha value is -1.82. The molecule has 0 bridgehead atoms. The fraction of sp³-hybridized carbons (Fsp3) is 0.524. The van der Waals surface area contributed by atoms with Gasteiger partial charge in [-0.1, -0.05) is 30.3 Å². The van der Waals surface area contributed by atoms with Crippen LogP contribution < -0.4 is 0 Å². The van der Waals surface area contributed by atoms with E-state index in [2.05, 4.69) is 67.4 Å². The van der Waals surface area contributed by atoms with Gasteiger partial charge in [0.05, 0.1) is 11.4 Å². The lowest BCUT2D eigenvalue weighted by Crippen LogP contribution is -2.50. The van der Waals surface area contributed by atoms with Gasteiger partial charge in [-0.25, -0.2) is 0 Å². The number of rotatable bonds is 5. The molecule has 138 valence electrons. The minimum atomic E-state index is 0.722. The molecular weight excluding hydrogens is 322 g/mol. The maximum absolute atomic E-state index is 4.31. The molecule has 2 aliphatic heterocycles. The third kappa shape index (κ3) is 4.47. The summed E-state index contributed by atoms with van der Waals surface area (Å²) in [7, 11) is 0. The first-order chi connectivity index (χ1) is 12.8. The molecule has 4 rings (SSSR count). The van der Waals surface area contributed by atoms with E-state index in [-0.39, 0.29) is 0 Å². The zero-order valence-corrected chi connectivity index (χ0v) is 15.7. The van der Waals surface area contributed by atoms with Gasteiger partial charge in [-0.05, 0) is 31.0 Å². The summed E-state index contributed by atoms with van der Waals surface area (Å²) >= 11 is 0. The molecule has 0 amide bonds. The highest BCUT2D eigenvalue weighted by Crippen LogP contribution is 2.20. The Bertz CT molecular complexity index is 679. The summed E-state index contributed by atoms with van der Waals surface area (Å²) in [5.41, 5.74) is 3.50. The molecule has 5 nitrogen and oxygen atoms in total. The van der Waals surface area contributed by atoms with Crippen molar-refractivity contribution < 1.29 is 0 Å². The highest BCUT2D eigenvalue weighted by Gasteiger charge is 2.29. The van der Waals surface area contributed by atoms with Crippen molar-refractivity contribution in [1.82, 2.24) is 24.9 Å². The van der Waals surface area contributed by atoms with Gasteiger partial charge in [0.25, 0.3) is 0 Å². The second kappa shape index (κ2) is 8.25. The van der Waals surface area contributed by atoms with E-state index in [0.717, 1.165) is 43.6 Å². The first-order valence-electron chi connectivity index (χ1n) is 9.78. The van der Waals surface area contributed by atoms with Crippen molar-refractivity contribution in [2.75, 3.05) is 39.3 Å². The first-order valence-corrected chi connectivity index (χ1v) is 9.78. The van der Waals surface area contributed by atoms with Gasteiger partial charge in [-0.3, -0.25) is 14.7 Å². The zero-order valence-electron chi connectivity index (χ0n) is 15.7. The standard InChI is InChI=1S/C21H29N5/c1-18-7-8-20(23-22-18)16-24-11-13-26(14-12-24)21-9-10-25(17-21)15-19-5-3-2-4-6-19/h2-8,21H,9-17H2,1H3. The monoisotopic (exact) mass is 351 g/mol. The van der Waals surface area contributed by atoms with Crippen LogP contribution in [0.1, 0.15) is 23.4 Å². The van der Waals surface area contributed by atoms with E-state index in [1.165, 1.54) is 38.2 Å². The number of aromatic nitrogens is 2. The van der Waals surface area contributed by atoms with Crippen molar-refractivity contribution >= 4 is 0 Å². The Morgan fingerprint density at radius 1 is 0.846 bits per heavy atom. The van der Waals surface area contributed by atoms with Gasteiger partial charge in [0.15, 0.2) is 0 Å². The summed E-state index contributed by atoms with van der Waals surface area (Å²) in [5, 5.41) is 8.48. The third-order valence-electron chi connectivity index (χ3n) is 5.66. The average Bonchev–Trinajstić information content (AvgIpc) is 3.13. The summed E-state index contributed by atoms with van der Waals surface area (Å²) in [6.07, 6.45) is 1.30. The van der Waals surface area contributed by atoms with Crippen LogP contribution in [0.2, 0.25) is 0 Å². The normalized spacial score (nSPS) is 22.7. The van der Waals surface area contributed by atoms with Gasteiger partial charge in [0.2, 0.25) is 0 Å². The fourth-order valence-corrected chi connectivity index (χ4v) is 4.12. The predicted molar refractivity (Wildman–Crippen MR) is 104 cm³/mol. The lowest BCUT2D eigenvalue weighted by Gasteiger charge is -2.37. The minimum Gasteiger partial charge on any atom is -0.297 e. The largest absolute Gasteiger partial charge is 0.297 e. The molecule has 1 unspecified atom stereocenters. The van der Waals surface area contributed by atoms with E-state index in [0.29, 0.717) is 0 Å². The van der Waals surface area contributed by atoms with Crippen LogP contribution in [0, 0.1) is 6.92 Å². The second-order valence-electron chi connectivity index (χ2n) is 7.64. The van der Waals surface area contributed by atoms with Gasteiger partial charge < -0.3 is 0 Å². The first kappa shape index (κ1) is 17.6. The number of hydrogen-bond acceptors (Lipinski definition) is 5. The van der Waals surface area contributed by atoms with Crippen LogP contribution in [0.25, 0.3) is 0 Å². The Kier molecular flexibility index (Phi) is 5.58. The maximum Gasteiger partial charge on any atom is 0.0771 e. The van der Waals surface area contributed by atoms with Gasteiger partial charge >= 0.3 is 0 Å². The van der Waals surface area contributed by atoms with Crippen LogP contribution in [0.5, 0.6) is 0 Å². The summed E-state index contributed by atoms with van der Waals surface area (Å²) in [6, 6.07) is 15.7. The molecule has 2 aromatic rings. The summed E-state index contributed by atoms with van der Waals surface area (Å²) in [6.45, 7) is 11.0. The van der Waals surface area contributed by atoms with Gasteiger partial charge in [0.1, 0.15) is 0 Å². The van der Waals surface area contributed by atoms with E-state index in [1.54, 1.807) is 0 Å². The van der Waals surface area contributed by atoms with E-state index in [9.17, 15) is 0 Å². The second-order valence-corrected chi connectivity index (χ2v) is 7.64. The van der Waals surface area contributed by atoms with Crippen LogP contribution in [-0.4, -0.2) is 70.2 Å². The van der Waals surface area contributed by atoms with Crippen LogP contribution >= 0.6 is 0 Å². The molecule has 3 heterocycles. The molecule has 2 fully saturated rings. The molecule has 26 heavy (non-hydrogen) atoms. The van der Waals surface area contributed by atoms with E-state index >= 15 is 0 Å². The van der Waals surface area contributed by atoms with Crippen molar-refractivity contribution in [3.05, 3.63) is 59.4 Å². The highest BCUT2D eigenvalue weighted by atomic mass is 15.3. The van der Waals surface area contributed by atoms with Gasteiger partial charge in [-0.2, -0.15) is 10.2 Å². The number of nitrogens with zero attached hydrogens (tertiary/aromatic N) is 5. The summed E-state index contributed by atoms with van der Waals surface area (Å²) in [5.74, 6) is 0. The smallest absolute Gasteiger partial charge is 0.0771 e. The SMILES string of the molecule is Cc1ccc(CN2CCN(C3CCN(Cc4ccccc4)C3)CC2)nn1. The van der Waals surface area contributed by atoms with E-state index < -0.39 is 0 Å². The van der Waals surface area contributed by atoms with Crippen LogP contribution in [0.3, 0.4) is 0 Å². The van der Waals surface area contributed by atoms with Crippen molar-refractivity contribution in [3.8, 4) is 0 Å². The van der Waals surface area contributed by atoms with E-state index in [4.69, 9.17) is 0 Å². The summed E-state index contributed by atoms with van der Waals surface area (Å²) in [4.78, 5) is 7.81. The van der Waals surface area contributed by atoms with E-state index in [1.807, 2.05) is 6.92 Å². The Morgan fingerprint density at radius 3 is 2.38 bits per heavy atom. The lowest BCUT2D eigenvalue weighted by atomic mass is 10.2. The molecular formula is C21H29N5. The number of hydrogen-bond donors (Lipinski definition) is 0. The molecule has 0 spiro atoms. The molecule has 0 radical (unpaired) electrons. The highest BCUT2D eigenvalue weighted by molar-refractivity contribution is 5.14. The lowest BCUT2D eigenvalue weighted by molar-refractivity contribution is 0.0922. The Morgan fingerprint density at radius 2 is 1.65 bits per heavy atom. The summed E-state index contributed by atoms with van der Waals surface area (Å²) < 4.78 is 0. The fourth-order valence-electron chi connectivity index (χ4n) is 4.12. The van der Waals surface area contributed by atoms with Crippen molar-refractivity contribution in [2.24, 2.45) is 0 Å². The topological polar surface area (TPSA) is 35.5 Å². The molecule has 1 aromatic heterocycles.